The van der Waals surface area contributed by atoms with Crippen molar-refractivity contribution < 1.29 is 8.83 Å². The summed E-state index contributed by atoms with van der Waals surface area (Å²) in [4.78, 5) is 5.29. The van der Waals surface area contributed by atoms with Crippen LogP contribution < -0.4 is 10.6 Å². The molecule has 0 spiro atoms. The highest BCUT2D eigenvalue weighted by Crippen LogP contribution is 2.44. The molecule has 0 bridgehead atoms. The highest BCUT2D eigenvalue weighted by molar-refractivity contribution is 7.26. The number of nitrogens with one attached hydrogen (secondary N) is 2. The van der Waals surface area contributed by atoms with Crippen LogP contribution in [0.2, 0.25) is 0 Å². The summed E-state index contributed by atoms with van der Waals surface area (Å²) in [7, 11) is 0. The largest absolute Gasteiger partial charge is 0.456 e. The zero-order chi connectivity index (χ0) is 33.5. The molecule has 2 N–H and O–H groups in total. The standard InChI is InChI=1S/C45H29N3O2S/c1-2-11-26(12-3-1)43-46-44(48-45(47-43)33-18-10-21-38-41(33)32-14-4-6-19-35(32)49-38)27-23-24-36-34(25-27)40-29(15-9-20-37(40)50-36)31-17-8-16-30-28-13-5-7-22-39(28)51-42(30)31/h1-25,43,45,47H,(H,46,48). The number of fused-ring (bicyclic) bond motifs is 9. The molecule has 3 aromatic heterocycles. The molecule has 2 unspecified atom stereocenters. The van der Waals surface area contributed by atoms with Gasteiger partial charge in [-0.2, -0.15) is 0 Å². The quantitative estimate of drug-likeness (QED) is 0.195. The number of furan rings is 2. The van der Waals surface area contributed by atoms with E-state index in [1.807, 2.05) is 35.6 Å². The van der Waals surface area contributed by atoms with E-state index in [-0.39, 0.29) is 12.3 Å². The number of hydrogen-bond donors (Lipinski definition) is 2. The average Bonchev–Trinajstić information content (AvgIpc) is 3.89. The van der Waals surface area contributed by atoms with Gasteiger partial charge in [0.05, 0.1) is 0 Å². The Hall–Kier alpha value is -6.21. The van der Waals surface area contributed by atoms with Crippen molar-refractivity contribution in [3.8, 4) is 11.1 Å². The third-order valence-corrected chi connectivity index (χ3v) is 11.4. The van der Waals surface area contributed by atoms with Crippen LogP contribution in [0.4, 0.5) is 0 Å². The van der Waals surface area contributed by atoms with Crippen molar-refractivity contribution in [2.24, 2.45) is 4.99 Å². The smallest absolute Gasteiger partial charge is 0.136 e. The minimum atomic E-state index is -0.265. The monoisotopic (exact) mass is 675 g/mol. The van der Waals surface area contributed by atoms with Gasteiger partial charge in [0.25, 0.3) is 0 Å². The molecule has 1 aliphatic rings. The number of aliphatic imine (C=N–C) groups is 1. The highest BCUT2D eigenvalue weighted by Gasteiger charge is 2.28. The van der Waals surface area contributed by atoms with Gasteiger partial charge in [-0.1, -0.05) is 109 Å². The Morgan fingerprint density at radius 1 is 0.529 bits per heavy atom. The van der Waals surface area contributed by atoms with E-state index >= 15 is 0 Å². The van der Waals surface area contributed by atoms with Crippen LogP contribution in [0.3, 0.4) is 0 Å². The molecule has 4 heterocycles. The lowest BCUT2D eigenvalue weighted by molar-refractivity contribution is 0.411. The average molecular weight is 676 g/mol. The Bertz CT molecular complexity index is 3010. The number of benzene rings is 7. The first kappa shape index (κ1) is 28.6. The number of rotatable bonds is 4. The van der Waals surface area contributed by atoms with Crippen molar-refractivity contribution in [1.29, 1.82) is 0 Å². The van der Waals surface area contributed by atoms with Gasteiger partial charge < -0.3 is 14.2 Å². The van der Waals surface area contributed by atoms with E-state index in [1.54, 1.807) is 0 Å². The number of thiophene rings is 1. The molecule has 2 atom stereocenters. The molecule has 0 amide bonds. The summed E-state index contributed by atoms with van der Waals surface area (Å²) in [6.45, 7) is 0. The van der Waals surface area contributed by atoms with Crippen LogP contribution in [0.5, 0.6) is 0 Å². The Labute approximate surface area is 296 Å². The Morgan fingerprint density at radius 3 is 2.12 bits per heavy atom. The molecule has 5 nitrogen and oxygen atoms in total. The summed E-state index contributed by atoms with van der Waals surface area (Å²) < 4.78 is 15.4. The molecular weight excluding hydrogens is 647 g/mol. The van der Waals surface area contributed by atoms with Gasteiger partial charge in [-0.05, 0) is 53.6 Å². The second-order valence-corrected chi connectivity index (χ2v) is 14.2. The lowest BCUT2D eigenvalue weighted by atomic mass is 9.97. The first-order valence-electron chi connectivity index (χ1n) is 17.2. The fourth-order valence-corrected chi connectivity index (χ4v) is 9.10. The summed E-state index contributed by atoms with van der Waals surface area (Å²) in [6.07, 6.45) is -0.496. The molecule has 1 aliphatic heterocycles. The van der Waals surface area contributed by atoms with E-state index in [2.05, 4.69) is 138 Å². The van der Waals surface area contributed by atoms with E-state index < -0.39 is 0 Å². The van der Waals surface area contributed by atoms with Crippen LogP contribution in [0, 0.1) is 0 Å². The third kappa shape index (κ3) is 4.47. The summed E-state index contributed by atoms with van der Waals surface area (Å²) in [5.74, 6) is 0.817. The molecule has 0 saturated carbocycles. The summed E-state index contributed by atoms with van der Waals surface area (Å²) in [6, 6.07) is 53.1. The number of para-hydroxylation sites is 1. The van der Waals surface area contributed by atoms with Gasteiger partial charge in [0.1, 0.15) is 40.5 Å². The van der Waals surface area contributed by atoms with E-state index in [4.69, 9.17) is 13.8 Å². The maximum absolute atomic E-state index is 6.51. The summed E-state index contributed by atoms with van der Waals surface area (Å²) in [5.41, 5.74) is 9.05. The lowest BCUT2D eigenvalue weighted by Gasteiger charge is -2.32. The van der Waals surface area contributed by atoms with Gasteiger partial charge >= 0.3 is 0 Å². The third-order valence-electron chi connectivity index (χ3n) is 10.2. The first-order chi connectivity index (χ1) is 25.3. The Kier molecular flexibility index (Phi) is 6.26. The Morgan fingerprint density at radius 2 is 1.22 bits per heavy atom. The van der Waals surface area contributed by atoms with Gasteiger partial charge in [0.15, 0.2) is 0 Å². The van der Waals surface area contributed by atoms with E-state index in [9.17, 15) is 0 Å². The molecule has 0 saturated heterocycles. The van der Waals surface area contributed by atoms with Crippen LogP contribution >= 0.6 is 11.3 Å². The van der Waals surface area contributed by atoms with Crippen molar-refractivity contribution in [2.45, 2.75) is 12.3 Å². The number of nitrogens with zero attached hydrogens (tertiary/aromatic N) is 1. The van der Waals surface area contributed by atoms with E-state index in [0.29, 0.717) is 0 Å². The Balaban J connectivity index is 1.09. The molecule has 7 aromatic carbocycles. The topological polar surface area (TPSA) is 62.7 Å². The zero-order valence-electron chi connectivity index (χ0n) is 27.3. The fourth-order valence-electron chi connectivity index (χ4n) is 7.87. The molecule has 242 valence electrons. The van der Waals surface area contributed by atoms with E-state index in [0.717, 1.165) is 66.4 Å². The van der Waals surface area contributed by atoms with Gasteiger partial charge in [-0.15, -0.1) is 11.3 Å². The van der Waals surface area contributed by atoms with Crippen molar-refractivity contribution in [3.05, 3.63) is 168 Å². The van der Waals surface area contributed by atoms with Crippen LogP contribution in [0.25, 0.3) is 75.2 Å². The van der Waals surface area contributed by atoms with Gasteiger partial charge in [-0.3, -0.25) is 5.32 Å². The molecular formula is C45H29N3O2S. The van der Waals surface area contributed by atoms with Crippen molar-refractivity contribution >= 4 is 81.2 Å². The maximum Gasteiger partial charge on any atom is 0.136 e. The minimum Gasteiger partial charge on any atom is -0.456 e. The van der Waals surface area contributed by atoms with Crippen LogP contribution in [-0.4, -0.2) is 5.84 Å². The highest BCUT2D eigenvalue weighted by atomic mass is 32.1. The van der Waals surface area contributed by atoms with Crippen LogP contribution in [0.1, 0.15) is 29.0 Å². The van der Waals surface area contributed by atoms with Crippen LogP contribution in [0.15, 0.2) is 165 Å². The summed E-state index contributed by atoms with van der Waals surface area (Å²) >= 11 is 1.85. The predicted molar refractivity (Wildman–Crippen MR) is 210 cm³/mol. The molecule has 0 radical (unpaired) electrons. The molecule has 10 aromatic rings. The SMILES string of the molecule is c1ccc(C2N=C(c3ccc4oc5cccc(-c6cccc7c6sc6ccccc67)c5c4c3)NC(c3cccc4oc5ccccc5c34)N2)cc1. The van der Waals surface area contributed by atoms with Gasteiger partial charge in [0.2, 0.25) is 0 Å². The van der Waals surface area contributed by atoms with Crippen molar-refractivity contribution in [1.82, 2.24) is 10.6 Å². The predicted octanol–water partition coefficient (Wildman–Crippen LogP) is 11.9. The molecule has 51 heavy (non-hydrogen) atoms. The number of amidine groups is 1. The summed E-state index contributed by atoms with van der Waals surface area (Å²) in [5, 5.41) is 14.5. The zero-order valence-corrected chi connectivity index (χ0v) is 28.1. The first-order valence-corrected chi connectivity index (χ1v) is 18.0. The van der Waals surface area contributed by atoms with E-state index in [1.165, 1.54) is 31.3 Å². The molecule has 6 heteroatoms. The minimum absolute atomic E-state index is 0.231. The van der Waals surface area contributed by atoms with Gasteiger partial charge in [0, 0.05) is 58.4 Å². The molecule has 11 rings (SSSR count). The second-order valence-electron chi connectivity index (χ2n) is 13.1. The van der Waals surface area contributed by atoms with Crippen molar-refractivity contribution in [2.75, 3.05) is 0 Å². The van der Waals surface area contributed by atoms with Gasteiger partial charge in [-0.25, -0.2) is 4.99 Å². The normalized spacial score (nSPS) is 16.4. The second kappa shape index (κ2) is 11.2. The van der Waals surface area contributed by atoms with Crippen LogP contribution in [-0.2, 0) is 0 Å². The fraction of sp³-hybridized carbons (Fsp3) is 0.0444. The maximum atomic E-state index is 6.51. The number of hydrogen-bond acceptors (Lipinski definition) is 6. The lowest BCUT2D eigenvalue weighted by Crippen LogP contribution is -2.45. The van der Waals surface area contributed by atoms with Crippen molar-refractivity contribution in [3.63, 3.8) is 0 Å². The molecule has 0 fully saturated rings. The molecule has 0 aliphatic carbocycles.